The van der Waals surface area contributed by atoms with E-state index in [1.165, 1.54) is 5.39 Å². The van der Waals surface area contributed by atoms with Crippen molar-refractivity contribution in [1.29, 1.82) is 0 Å². The Hall–Kier alpha value is -2.30. The van der Waals surface area contributed by atoms with Crippen molar-refractivity contribution >= 4 is 28.4 Å². The molecule has 0 radical (unpaired) electrons. The summed E-state index contributed by atoms with van der Waals surface area (Å²) in [5, 5.41) is 4.78. The zero-order valence-electron chi connectivity index (χ0n) is 15.0. The fourth-order valence-corrected chi connectivity index (χ4v) is 3.43. The van der Waals surface area contributed by atoms with Gasteiger partial charge in [0.1, 0.15) is 0 Å². The fourth-order valence-electron chi connectivity index (χ4n) is 3.30. The lowest BCUT2D eigenvalue weighted by Crippen LogP contribution is -2.28. The van der Waals surface area contributed by atoms with E-state index in [1.54, 1.807) is 7.11 Å². The summed E-state index contributed by atoms with van der Waals surface area (Å²) < 4.78 is 7.12. The molecule has 2 aromatic carbocycles. The third-order valence-electron chi connectivity index (χ3n) is 4.59. The number of nitrogens with one attached hydrogen (secondary N) is 1. The summed E-state index contributed by atoms with van der Waals surface area (Å²) in [7, 11) is 3.65. The maximum absolute atomic E-state index is 12.5. The topological polar surface area (TPSA) is 43.3 Å². The van der Waals surface area contributed by atoms with Gasteiger partial charge in [-0.2, -0.15) is 0 Å². The molecule has 5 heteroatoms. The molecule has 1 unspecified atom stereocenters. The summed E-state index contributed by atoms with van der Waals surface area (Å²) in [6.07, 6.45) is 2.49. The SMILES string of the molecule is COCCNC(=O)CC(c1ccc(Cl)cc1)c1cn(C)c2ccccc12. The first kappa shape index (κ1) is 18.5. The van der Waals surface area contributed by atoms with Gasteiger partial charge in [-0.15, -0.1) is 0 Å². The van der Waals surface area contributed by atoms with E-state index in [0.29, 0.717) is 24.6 Å². The fraction of sp³-hybridized carbons (Fsp3) is 0.286. The molecule has 1 atom stereocenters. The first-order chi connectivity index (χ1) is 12.6. The van der Waals surface area contributed by atoms with Crippen LogP contribution in [0.4, 0.5) is 0 Å². The summed E-state index contributed by atoms with van der Waals surface area (Å²) in [6, 6.07) is 16.0. The van der Waals surface area contributed by atoms with Crippen LogP contribution in [-0.4, -0.2) is 30.7 Å². The Labute approximate surface area is 158 Å². The number of ether oxygens (including phenoxy) is 1. The molecule has 26 heavy (non-hydrogen) atoms. The Morgan fingerprint density at radius 3 is 2.65 bits per heavy atom. The second-order valence-corrected chi connectivity index (χ2v) is 6.80. The maximum atomic E-state index is 12.5. The highest BCUT2D eigenvalue weighted by Gasteiger charge is 2.22. The van der Waals surface area contributed by atoms with Crippen LogP contribution in [-0.2, 0) is 16.6 Å². The second kappa shape index (κ2) is 8.39. The molecule has 1 N–H and O–H groups in total. The summed E-state index contributed by atoms with van der Waals surface area (Å²) in [5.41, 5.74) is 3.38. The van der Waals surface area contributed by atoms with Crippen molar-refractivity contribution in [2.24, 2.45) is 7.05 Å². The van der Waals surface area contributed by atoms with Crippen LogP contribution in [0, 0.1) is 0 Å². The molecule has 0 bridgehead atoms. The number of halogens is 1. The zero-order chi connectivity index (χ0) is 18.5. The van der Waals surface area contributed by atoms with E-state index in [0.717, 1.165) is 16.6 Å². The van der Waals surface area contributed by atoms with Crippen molar-refractivity contribution in [3.05, 3.63) is 70.9 Å². The molecule has 1 heterocycles. The maximum Gasteiger partial charge on any atom is 0.221 e. The van der Waals surface area contributed by atoms with Crippen LogP contribution in [0.1, 0.15) is 23.5 Å². The molecule has 3 aromatic rings. The van der Waals surface area contributed by atoms with Crippen molar-refractivity contribution in [3.8, 4) is 0 Å². The third kappa shape index (κ3) is 4.09. The molecule has 0 fully saturated rings. The van der Waals surface area contributed by atoms with Gasteiger partial charge in [-0.3, -0.25) is 4.79 Å². The number of hydrogen-bond acceptors (Lipinski definition) is 2. The average molecular weight is 371 g/mol. The van der Waals surface area contributed by atoms with Gasteiger partial charge in [0.15, 0.2) is 0 Å². The monoisotopic (exact) mass is 370 g/mol. The minimum Gasteiger partial charge on any atom is -0.383 e. The van der Waals surface area contributed by atoms with Gasteiger partial charge in [0.05, 0.1) is 6.61 Å². The van der Waals surface area contributed by atoms with E-state index in [-0.39, 0.29) is 11.8 Å². The molecule has 1 amide bonds. The van der Waals surface area contributed by atoms with Crippen molar-refractivity contribution in [3.63, 3.8) is 0 Å². The van der Waals surface area contributed by atoms with Gasteiger partial charge < -0.3 is 14.6 Å². The predicted octanol–water partition coefficient (Wildman–Crippen LogP) is 4.12. The Bertz CT molecular complexity index is 887. The Kier molecular flexibility index (Phi) is 5.96. The third-order valence-corrected chi connectivity index (χ3v) is 4.85. The number of para-hydroxylation sites is 1. The van der Waals surface area contributed by atoms with E-state index in [2.05, 4.69) is 28.2 Å². The molecule has 1 aromatic heterocycles. The van der Waals surface area contributed by atoms with Crippen molar-refractivity contribution < 1.29 is 9.53 Å². The normalized spacial score (nSPS) is 12.3. The minimum absolute atomic E-state index is 0.00920. The molecule has 0 spiro atoms. The second-order valence-electron chi connectivity index (χ2n) is 6.36. The minimum atomic E-state index is -0.0408. The number of aryl methyl sites for hydroxylation is 1. The Morgan fingerprint density at radius 1 is 1.19 bits per heavy atom. The van der Waals surface area contributed by atoms with Gasteiger partial charge in [-0.05, 0) is 29.3 Å². The van der Waals surface area contributed by atoms with E-state index in [9.17, 15) is 4.79 Å². The number of carbonyl (C=O) groups excluding carboxylic acids is 1. The van der Waals surface area contributed by atoms with Crippen LogP contribution in [0.15, 0.2) is 54.7 Å². The molecule has 3 rings (SSSR count). The molecular weight excluding hydrogens is 348 g/mol. The molecular formula is C21H23ClN2O2. The molecule has 0 saturated heterocycles. The number of hydrogen-bond donors (Lipinski definition) is 1. The van der Waals surface area contributed by atoms with Crippen LogP contribution in [0.3, 0.4) is 0 Å². The highest BCUT2D eigenvalue weighted by molar-refractivity contribution is 6.30. The van der Waals surface area contributed by atoms with Crippen LogP contribution in [0.5, 0.6) is 0 Å². The van der Waals surface area contributed by atoms with Crippen LogP contribution < -0.4 is 5.32 Å². The van der Waals surface area contributed by atoms with E-state index < -0.39 is 0 Å². The highest BCUT2D eigenvalue weighted by atomic mass is 35.5. The predicted molar refractivity (Wildman–Crippen MR) is 106 cm³/mol. The smallest absolute Gasteiger partial charge is 0.221 e. The van der Waals surface area contributed by atoms with Crippen molar-refractivity contribution in [2.75, 3.05) is 20.3 Å². The van der Waals surface area contributed by atoms with E-state index >= 15 is 0 Å². The Morgan fingerprint density at radius 2 is 1.92 bits per heavy atom. The van der Waals surface area contributed by atoms with Gasteiger partial charge >= 0.3 is 0 Å². The zero-order valence-corrected chi connectivity index (χ0v) is 15.8. The van der Waals surface area contributed by atoms with Gasteiger partial charge in [0, 0.05) is 55.2 Å². The molecule has 0 aliphatic heterocycles. The van der Waals surface area contributed by atoms with Crippen molar-refractivity contribution in [2.45, 2.75) is 12.3 Å². The number of nitrogens with zero attached hydrogens (tertiary/aromatic N) is 1. The summed E-state index contributed by atoms with van der Waals surface area (Å²) in [4.78, 5) is 12.5. The van der Waals surface area contributed by atoms with Gasteiger partial charge in [0.25, 0.3) is 0 Å². The van der Waals surface area contributed by atoms with Crippen LogP contribution in [0.25, 0.3) is 10.9 Å². The average Bonchev–Trinajstić information content (AvgIpc) is 2.98. The number of aromatic nitrogens is 1. The highest BCUT2D eigenvalue weighted by Crippen LogP contribution is 2.34. The summed E-state index contributed by atoms with van der Waals surface area (Å²) in [6.45, 7) is 1.02. The first-order valence-electron chi connectivity index (χ1n) is 8.65. The molecule has 0 aliphatic carbocycles. The molecule has 0 aliphatic rings. The largest absolute Gasteiger partial charge is 0.383 e. The van der Waals surface area contributed by atoms with Crippen LogP contribution >= 0.6 is 11.6 Å². The Balaban J connectivity index is 1.97. The van der Waals surface area contributed by atoms with Gasteiger partial charge in [0.2, 0.25) is 5.91 Å². The van der Waals surface area contributed by atoms with E-state index in [4.69, 9.17) is 16.3 Å². The quantitative estimate of drug-likeness (QED) is 0.636. The lowest BCUT2D eigenvalue weighted by atomic mass is 9.88. The molecule has 136 valence electrons. The standard InChI is InChI=1S/C21H23ClN2O2/c1-24-14-19(17-5-3-4-6-20(17)24)18(13-21(25)23-11-12-26-2)15-7-9-16(22)10-8-15/h3-10,14,18H,11-13H2,1-2H3,(H,23,25). The molecule has 4 nitrogen and oxygen atoms in total. The number of rotatable bonds is 7. The van der Waals surface area contributed by atoms with Gasteiger partial charge in [-0.1, -0.05) is 41.9 Å². The number of methoxy groups -OCH3 is 1. The van der Waals surface area contributed by atoms with E-state index in [1.807, 2.05) is 43.4 Å². The van der Waals surface area contributed by atoms with Gasteiger partial charge in [-0.25, -0.2) is 0 Å². The number of fused-ring (bicyclic) bond motifs is 1. The molecule has 0 saturated carbocycles. The van der Waals surface area contributed by atoms with Crippen LogP contribution in [0.2, 0.25) is 5.02 Å². The lowest BCUT2D eigenvalue weighted by Gasteiger charge is -2.17. The van der Waals surface area contributed by atoms with Crippen molar-refractivity contribution in [1.82, 2.24) is 9.88 Å². The summed E-state index contributed by atoms with van der Waals surface area (Å²) >= 11 is 6.05. The number of benzene rings is 2. The number of amides is 1. The number of carbonyl (C=O) groups is 1. The first-order valence-corrected chi connectivity index (χ1v) is 9.03. The lowest BCUT2D eigenvalue weighted by molar-refractivity contribution is -0.121. The summed E-state index contributed by atoms with van der Waals surface area (Å²) in [5.74, 6) is -0.0316.